The zero-order valence-electron chi connectivity index (χ0n) is 17.9. The molecule has 1 aromatic heterocycles. The molecule has 0 aliphatic rings. The first-order chi connectivity index (χ1) is 15.0. The Morgan fingerprint density at radius 2 is 1.94 bits per heavy atom. The van der Waals surface area contributed by atoms with Gasteiger partial charge in [0.2, 0.25) is 0 Å². The molecule has 1 heterocycles. The summed E-state index contributed by atoms with van der Waals surface area (Å²) in [7, 11) is 0. The fourth-order valence-electron chi connectivity index (χ4n) is 2.88. The topological polar surface area (TPSA) is 62.2 Å². The summed E-state index contributed by atoms with van der Waals surface area (Å²) in [5, 5.41) is 12.4. The van der Waals surface area contributed by atoms with Gasteiger partial charge in [-0.25, -0.2) is 4.39 Å². The van der Waals surface area contributed by atoms with E-state index < -0.39 is 35.6 Å². The highest BCUT2D eigenvalue weighted by Crippen LogP contribution is 2.35. The second-order valence-electron chi connectivity index (χ2n) is 7.23. The lowest BCUT2D eigenvalue weighted by atomic mass is 9.98. The molecule has 2 aromatic rings. The Balaban J connectivity index is 2.48. The van der Waals surface area contributed by atoms with Gasteiger partial charge < -0.3 is 10.4 Å². The van der Waals surface area contributed by atoms with Crippen molar-refractivity contribution in [3.05, 3.63) is 89.4 Å². The maximum Gasteiger partial charge on any atom is 0.418 e. The second-order valence-corrected chi connectivity index (χ2v) is 7.23. The Kier molecular flexibility index (Phi) is 8.10. The van der Waals surface area contributed by atoms with Gasteiger partial charge in [0.05, 0.1) is 11.7 Å². The van der Waals surface area contributed by atoms with Crippen LogP contribution in [-0.2, 0) is 0 Å². The molecule has 2 N–H and O–H groups in total. The minimum atomic E-state index is -4.91. The lowest BCUT2D eigenvalue weighted by Crippen LogP contribution is -2.34. The second kappa shape index (κ2) is 10.4. The van der Waals surface area contributed by atoms with Crippen LogP contribution in [0.3, 0.4) is 0 Å². The van der Waals surface area contributed by atoms with Gasteiger partial charge in [0.15, 0.2) is 6.10 Å². The number of hydrogen-bond donors (Lipinski definition) is 2. The predicted molar refractivity (Wildman–Crippen MR) is 115 cm³/mol. The number of hydrogen-bond acceptors (Lipinski definition) is 3. The number of halogens is 4. The van der Waals surface area contributed by atoms with E-state index >= 15 is 0 Å². The smallest absolute Gasteiger partial charge is 0.379 e. The van der Waals surface area contributed by atoms with Crippen molar-refractivity contribution < 1.29 is 27.5 Å². The number of rotatable bonds is 7. The van der Waals surface area contributed by atoms with Crippen LogP contribution in [0.15, 0.2) is 72.7 Å². The van der Waals surface area contributed by atoms with E-state index in [-0.39, 0.29) is 11.1 Å². The SMILES string of the molecule is C=C/C(=C\C(F)=C/C)[C@@H](C)NC(=O)c1cc(-c2ccc(C)cn2)cc(C(O)C(F)(F)F)c1. The zero-order valence-corrected chi connectivity index (χ0v) is 17.9. The average molecular weight is 448 g/mol. The van der Waals surface area contributed by atoms with E-state index in [4.69, 9.17) is 0 Å². The fourth-order valence-corrected chi connectivity index (χ4v) is 2.88. The highest BCUT2D eigenvalue weighted by molar-refractivity contribution is 5.96. The van der Waals surface area contributed by atoms with Crippen LogP contribution < -0.4 is 5.32 Å². The van der Waals surface area contributed by atoms with Gasteiger partial charge in [-0.15, -0.1) is 0 Å². The maximum absolute atomic E-state index is 13.6. The van der Waals surface area contributed by atoms with Crippen LogP contribution in [0.2, 0.25) is 0 Å². The van der Waals surface area contributed by atoms with Crippen LogP contribution in [0.25, 0.3) is 11.3 Å². The molecule has 2 atom stereocenters. The van der Waals surface area contributed by atoms with Crippen molar-refractivity contribution >= 4 is 5.91 Å². The number of allylic oxidation sites excluding steroid dienone is 3. The van der Waals surface area contributed by atoms with E-state index in [9.17, 15) is 27.5 Å². The van der Waals surface area contributed by atoms with Crippen molar-refractivity contribution in [1.29, 1.82) is 0 Å². The van der Waals surface area contributed by atoms with Crippen LogP contribution >= 0.6 is 0 Å². The molecule has 0 bridgehead atoms. The summed E-state index contributed by atoms with van der Waals surface area (Å²) in [4.78, 5) is 17.0. The number of carbonyl (C=O) groups excluding carboxylic acids is 1. The molecule has 8 heteroatoms. The molecule has 1 unspecified atom stereocenters. The molecule has 32 heavy (non-hydrogen) atoms. The van der Waals surface area contributed by atoms with E-state index in [1.807, 2.05) is 6.92 Å². The number of nitrogens with zero attached hydrogens (tertiary/aromatic N) is 1. The monoisotopic (exact) mass is 448 g/mol. The van der Waals surface area contributed by atoms with Gasteiger partial charge in [0, 0.05) is 17.3 Å². The van der Waals surface area contributed by atoms with Gasteiger partial charge >= 0.3 is 6.18 Å². The molecule has 0 saturated carbocycles. The first-order valence-corrected chi connectivity index (χ1v) is 9.75. The van der Waals surface area contributed by atoms with Crippen molar-refractivity contribution in [3.63, 3.8) is 0 Å². The molecule has 1 aromatic carbocycles. The van der Waals surface area contributed by atoms with Crippen molar-refractivity contribution in [2.45, 2.75) is 39.1 Å². The first kappa shape index (κ1) is 25.0. The number of carbonyl (C=O) groups is 1. The third-order valence-electron chi connectivity index (χ3n) is 4.71. The van der Waals surface area contributed by atoms with Crippen molar-refractivity contribution in [2.75, 3.05) is 0 Å². The van der Waals surface area contributed by atoms with Gasteiger partial charge in [0.25, 0.3) is 5.91 Å². The fraction of sp³-hybridized carbons (Fsp3) is 0.250. The molecule has 0 aliphatic carbocycles. The van der Waals surface area contributed by atoms with Gasteiger partial charge in [0.1, 0.15) is 5.83 Å². The summed E-state index contributed by atoms with van der Waals surface area (Å²) in [5.41, 5.74) is 1.21. The molecule has 0 spiro atoms. The van der Waals surface area contributed by atoms with Gasteiger partial charge in [-0.3, -0.25) is 9.78 Å². The van der Waals surface area contributed by atoms with Gasteiger partial charge in [-0.05, 0) is 67.8 Å². The Morgan fingerprint density at radius 3 is 2.47 bits per heavy atom. The van der Waals surface area contributed by atoms with E-state index in [0.717, 1.165) is 17.7 Å². The van der Waals surface area contributed by atoms with E-state index in [1.165, 1.54) is 31.2 Å². The molecule has 170 valence electrons. The minimum absolute atomic E-state index is 0.107. The lowest BCUT2D eigenvalue weighted by molar-refractivity contribution is -0.206. The maximum atomic E-state index is 13.6. The van der Waals surface area contributed by atoms with Gasteiger partial charge in [-0.2, -0.15) is 13.2 Å². The largest absolute Gasteiger partial charge is 0.418 e. The number of aliphatic hydroxyl groups excluding tert-OH is 1. The van der Waals surface area contributed by atoms with E-state index in [0.29, 0.717) is 11.3 Å². The van der Waals surface area contributed by atoms with E-state index in [1.54, 1.807) is 25.3 Å². The number of nitrogens with one attached hydrogen (secondary N) is 1. The number of aryl methyl sites for hydroxylation is 1. The highest BCUT2D eigenvalue weighted by atomic mass is 19.4. The number of alkyl halides is 3. The number of aliphatic hydroxyl groups is 1. The Labute approximate surface area is 184 Å². The number of pyridine rings is 1. The summed E-state index contributed by atoms with van der Waals surface area (Å²) in [6.07, 6.45) is -2.34. The highest BCUT2D eigenvalue weighted by Gasteiger charge is 2.39. The van der Waals surface area contributed by atoms with Crippen LogP contribution in [-0.4, -0.2) is 28.2 Å². The number of amides is 1. The van der Waals surface area contributed by atoms with Crippen molar-refractivity contribution in [1.82, 2.24) is 10.3 Å². The summed E-state index contributed by atoms with van der Waals surface area (Å²) in [6.45, 7) is 8.50. The van der Waals surface area contributed by atoms with Crippen molar-refractivity contribution in [3.8, 4) is 11.3 Å². The normalized spacial score (nSPS) is 14.6. The predicted octanol–water partition coefficient (Wildman–Crippen LogP) is 5.76. The molecule has 0 radical (unpaired) electrons. The van der Waals surface area contributed by atoms with Crippen LogP contribution in [0.4, 0.5) is 17.6 Å². The number of benzene rings is 1. The van der Waals surface area contributed by atoms with Crippen molar-refractivity contribution in [2.24, 2.45) is 0 Å². The van der Waals surface area contributed by atoms with Crippen LogP contribution in [0, 0.1) is 6.92 Å². The summed E-state index contributed by atoms with van der Waals surface area (Å²) in [6, 6.07) is 6.16. The molecular formula is C24H24F4N2O2. The summed E-state index contributed by atoms with van der Waals surface area (Å²) < 4.78 is 53.0. The molecule has 0 fully saturated rings. The quantitative estimate of drug-likeness (QED) is 0.418. The standard InChI is InChI=1S/C24H24F4N2O2/c1-5-16(12-20(25)6-2)15(4)30-23(32)19-10-17(21-8-7-14(3)13-29-21)9-18(11-19)22(31)24(26,27)28/h5-13,15,22,31H,1H2,2-4H3,(H,30,32)/b16-12+,20-6+/t15-,22?/m1/s1. The van der Waals surface area contributed by atoms with Crippen LogP contribution in [0.5, 0.6) is 0 Å². The third-order valence-corrected chi connectivity index (χ3v) is 4.71. The molecule has 1 amide bonds. The zero-order chi connectivity index (χ0) is 24.1. The number of aromatic nitrogens is 1. The first-order valence-electron chi connectivity index (χ1n) is 9.75. The third kappa shape index (κ3) is 6.37. The Hall–Kier alpha value is -3.26. The minimum Gasteiger partial charge on any atom is -0.379 e. The Bertz CT molecular complexity index is 1040. The molecule has 4 nitrogen and oxygen atoms in total. The average Bonchev–Trinajstić information content (AvgIpc) is 2.75. The Morgan fingerprint density at radius 1 is 1.25 bits per heavy atom. The summed E-state index contributed by atoms with van der Waals surface area (Å²) >= 11 is 0. The molecule has 0 aliphatic heterocycles. The molecule has 0 saturated heterocycles. The summed E-state index contributed by atoms with van der Waals surface area (Å²) in [5.74, 6) is -1.22. The molecular weight excluding hydrogens is 424 g/mol. The lowest BCUT2D eigenvalue weighted by Gasteiger charge is -2.19. The molecule has 2 rings (SSSR count). The van der Waals surface area contributed by atoms with E-state index in [2.05, 4.69) is 16.9 Å². The van der Waals surface area contributed by atoms with Crippen LogP contribution in [0.1, 0.15) is 41.4 Å². The van der Waals surface area contributed by atoms with Gasteiger partial charge in [-0.1, -0.05) is 24.8 Å².